The minimum atomic E-state index is 0.0937. The van der Waals surface area contributed by atoms with Crippen LogP contribution >= 0.6 is 15.9 Å². The van der Waals surface area contributed by atoms with Crippen LogP contribution in [0.5, 0.6) is 11.5 Å². The maximum absolute atomic E-state index is 9.69. The molecule has 4 heteroatoms. The van der Waals surface area contributed by atoms with Crippen LogP contribution in [-0.4, -0.2) is 11.7 Å². The van der Waals surface area contributed by atoms with E-state index in [0.717, 1.165) is 15.6 Å². The molecule has 0 spiro atoms. The van der Waals surface area contributed by atoms with Crippen molar-refractivity contribution in [1.29, 1.82) is 5.26 Å². The number of phenols is 1. The molecule has 1 N–H and O–H groups in total. The van der Waals surface area contributed by atoms with Gasteiger partial charge < -0.3 is 9.84 Å². The molecule has 0 unspecified atom stereocenters. The van der Waals surface area contributed by atoms with Crippen LogP contribution in [0, 0.1) is 11.3 Å². The van der Waals surface area contributed by atoms with Crippen molar-refractivity contribution >= 4 is 27.6 Å². The third-order valence-electron chi connectivity index (χ3n) is 2.87. The minimum absolute atomic E-state index is 0.0937. The summed E-state index contributed by atoms with van der Waals surface area (Å²) in [7, 11) is 0. The minimum Gasteiger partial charge on any atom is -0.504 e. The van der Waals surface area contributed by atoms with Gasteiger partial charge in [0.15, 0.2) is 11.5 Å². The number of nitriles is 1. The average molecular weight is 344 g/mol. The normalized spacial score (nSPS) is 11.0. The Balaban J connectivity index is 2.38. The molecule has 0 amide bonds. The molecule has 0 heterocycles. The van der Waals surface area contributed by atoms with Gasteiger partial charge in [0.25, 0.3) is 0 Å². The monoisotopic (exact) mass is 343 g/mol. The molecule has 0 aliphatic carbocycles. The van der Waals surface area contributed by atoms with Crippen LogP contribution in [0.25, 0.3) is 11.6 Å². The van der Waals surface area contributed by atoms with Crippen molar-refractivity contribution in [3.05, 3.63) is 58.1 Å². The Bertz CT molecular complexity index is 700. The Morgan fingerprint density at radius 2 is 2.00 bits per heavy atom. The Morgan fingerprint density at radius 3 is 2.62 bits per heavy atom. The number of nitrogens with zero attached hydrogens (tertiary/aromatic N) is 1. The van der Waals surface area contributed by atoms with E-state index in [9.17, 15) is 10.4 Å². The summed E-state index contributed by atoms with van der Waals surface area (Å²) in [4.78, 5) is 0. The average Bonchev–Trinajstić information content (AvgIpc) is 2.49. The summed E-state index contributed by atoms with van der Waals surface area (Å²) in [6, 6.07) is 14.8. The van der Waals surface area contributed by atoms with E-state index in [4.69, 9.17) is 4.74 Å². The second kappa shape index (κ2) is 6.96. The number of allylic oxidation sites excluding steroid dienone is 1. The van der Waals surface area contributed by atoms with Crippen LogP contribution in [0.2, 0.25) is 0 Å². The fourth-order valence-electron chi connectivity index (χ4n) is 1.87. The lowest BCUT2D eigenvalue weighted by Crippen LogP contribution is -1.92. The molecule has 0 bridgehead atoms. The SMILES string of the molecule is CCOc1cc(/C=C(/C#N)c2ccc(Br)cc2)ccc1O. The van der Waals surface area contributed by atoms with E-state index in [1.807, 2.05) is 31.2 Å². The molecule has 2 aromatic carbocycles. The van der Waals surface area contributed by atoms with Gasteiger partial charge in [-0.1, -0.05) is 34.1 Å². The lowest BCUT2D eigenvalue weighted by Gasteiger charge is -2.07. The quantitative estimate of drug-likeness (QED) is 0.651. The number of phenolic OH excluding ortho intramolecular Hbond substituents is 1. The van der Waals surface area contributed by atoms with Gasteiger partial charge in [0.05, 0.1) is 18.2 Å². The van der Waals surface area contributed by atoms with E-state index in [2.05, 4.69) is 22.0 Å². The van der Waals surface area contributed by atoms with Gasteiger partial charge in [-0.2, -0.15) is 5.26 Å². The molecular formula is C17H14BrNO2. The van der Waals surface area contributed by atoms with E-state index in [-0.39, 0.29) is 5.75 Å². The van der Waals surface area contributed by atoms with Gasteiger partial charge in [-0.05, 0) is 48.4 Å². The fraction of sp³-hybridized carbons (Fsp3) is 0.118. The first-order valence-electron chi connectivity index (χ1n) is 6.47. The molecule has 3 nitrogen and oxygen atoms in total. The Hall–Kier alpha value is -2.25. The first kappa shape index (κ1) is 15.1. The van der Waals surface area contributed by atoms with Crippen molar-refractivity contribution < 1.29 is 9.84 Å². The van der Waals surface area contributed by atoms with Gasteiger partial charge in [0, 0.05) is 4.47 Å². The number of rotatable bonds is 4. The van der Waals surface area contributed by atoms with Gasteiger partial charge in [-0.15, -0.1) is 0 Å². The lowest BCUT2D eigenvalue weighted by molar-refractivity contribution is 0.318. The molecular weight excluding hydrogens is 330 g/mol. The van der Waals surface area contributed by atoms with Gasteiger partial charge in [0.2, 0.25) is 0 Å². The lowest BCUT2D eigenvalue weighted by atomic mass is 10.0. The smallest absolute Gasteiger partial charge is 0.161 e. The van der Waals surface area contributed by atoms with Crippen LogP contribution in [0.1, 0.15) is 18.1 Å². The number of hydrogen-bond donors (Lipinski definition) is 1. The number of hydrogen-bond acceptors (Lipinski definition) is 3. The maximum atomic E-state index is 9.69. The highest BCUT2D eigenvalue weighted by atomic mass is 79.9. The molecule has 0 aliphatic heterocycles. The van der Waals surface area contributed by atoms with Crippen LogP contribution in [-0.2, 0) is 0 Å². The number of halogens is 1. The third kappa shape index (κ3) is 3.87. The van der Waals surface area contributed by atoms with Crippen molar-refractivity contribution in [2.45, 2.75) is 6.92 Å². The first-order valence-corrected chi connectivity index (χ1v) is 7.27. The van der Waals surface area contributed by atoms with Crippen LogP contribution in [0.15, 0.2) is 46.9 Å². The Kier molecular flexibility index (Phi) is 5.02. The van der Waals surface area contributed by atoms with E-state index in [1.165, 1.54) is 0 Å². The maximum Gasteiger partial charge on any atom is 0.161 e. The zero-order valence-corrected chi connectivity index (χ0v) is 13.1. The van der Waals surface area contributed by atoms with Crippen molar-refractivity contribution in [2.24, 2.45) is 0 Å². The van der Waals surface area contributed by atoms with Crippen LogP contribution in [0.4, 0.5) is 0 Å². The highest BCUT2D eigenvalue weighted by molar-refractivity contribution is 9.10. The van der Waals surface area contributed by atoms with E-state index < -0.39 is 0 Å². The highest BCUT2D eigenvalue weighted by Gasteiger charge is 2.05. The molecule has 0 saturated carbocycles. The molecule has 0 fully saturated rings. The Morgan fingerprint density at radius 1 is 1.29 bits per heavy atom. The van der Waals surface area contributed by atoms with Gasteiger partial charge >= 0.3 is 0 Å². The zero-order valence-electron chi connectivity index (χ0n) is 11.5. The first-order chi connectivity index (χ1) is 10.1. The summed E-state index contributed by atoms with van der Waals surface area (Å²) in [6.07, 6.45) is 1.77. The fourth-order valence-corrected chi connectivity index (χ4v) is 2.13. The number of aromatic hydroxyl groups is 1. The topological polar surface area (TPSA) is 53.2 Å². The van der Waals surface area contributed by atoms with Crippen molar-refractivity contribution in [2.75, 3.05) is 6.61 Å². The third-order valence-corrected chi connectivity index (χ3v) is 3.40. The van der Waals surface area contributed by atoms with Gasteiger partial charge in [0.1, 0.15) is 0 Å². The molecule has 0 aromatic heterocycles. The molecule has 0 saturated heterocycles. The molecule has 0 aliphatic rings. The summed E-state index contributed by atoms with van der Waals surface area (Å²) >= 11 is 3.37. The molecule has 0 radical (unpaired) electrons. The highest BCUT2D eigenvalue weighted by Crippen LogP contribution is 2.29. The summed E-state index contributed by atoms with van der Waals surface area (Å²) < 4.78 is 6.31. The van der Waals surface area contributed by atoms with Crippen molar-refractivity contribution in [1.82, 2.24) is 0 Å². The van der Waals surface area contributed by atoms with Crippen LogP contribution < -0.4 is 4.74 Å². The van der Waals surface area contributed by atoms with Crippen molar-refractivity contribution in [3.63, 3.8) is 0 Å². The molecule has 0 atom stereocenters. The van der Waals surface area contributed by atoms with Gasteiger partial charge in [-0.3, -0.25) is 0 Å². The second-order valence-corrected chi connectivity index (χ2v) is 5.25. The second-order valence-electron chi connectivity index (χ2n) is 4.34. The van der Waals surface area contributed by atoms with E-state index in [1.54, 1.807) is 24.3 Å². The van der Waals surface area contributed by atoms with E-state index in [0.29, 0.717) is 17.9 Å². The number of ether oxygens (including phenoxy) is 1. The molecule has 2 rings (SSSR count). The standard InChI is InChI=1S/C17H14BrNO2/c1-2-21-17-10-12(3-8-16(17)20)9-14(11-19)13-4-6-15(18)7-5-13/h3-10,20H,2H2,1H3/b14-9-. The summed E-state index contributed by atoms with van der Waals surface area (Å²) in [6.45, 7) is 2.32. The van der Waals surface area contributed by atoms with Crippen LogP contribution in [0.3, 0.4) is 0 Å². The summed E-state index contributed by atoms with van der Waals surface area (Å²) in [5.74, 6) is 0.510. The summed E-state index contributed by atoms with van der Waals surface area (Å²) in [5.41, 5.74) is 2.19. The zero-order chi connectivity index (χ0) is 15.2. The number of benzene rings is 2. The largest absolute Gasteiger partial charge is 0.504 e. The predicted molar refractivity (Wildman–Crippen MR) is 86.9 cm³/mol. The molecule has 106 valence electrons. The Labute approximate surface area is 132 Å². The van der Waals surface area contributed by atoms with Crippen molar-refractivity contribution in [3.8, 4) is 17.6 Å². The molecule has 21 heavy (non-hydrogen) atoms. The molecule has 2 aromatic rings. The van der Waals surface area contributed by atoms with Gasteiger partial charge in [-0.25, -0.2) is 0 Å². The van der Waals surface area contributed by atoms with E-state index >= 15 is 0 Å². The predicted octanol–water partition coefficient (Wildman–Crippen LogP) is 4.62. The summed E-state index contributed by atoms with van der Waals surface area (Å²) in [5, 5.41) is 19.0.